The van der Waals surface area contributed by atoms with Crippen LogP contribution in [0.5, 0.6) is 0 Å². The minimum atomic E-state index is -0.848. The molecule has 2 fully saturated rings. The highest BCUT2D eigenvalue weighted by molar-refractivity contribution is 5.58. The number of ether oxygens (including phenoxy) is 5. The van der Waals surface area contributed by atoms with Gasteiger partial charge in [-0.2, -0.15) is 0 Å². The average Bonchev–Trinajstić information content (AvgIpc) is 3.07. The molecular formula is C19H26O6. The molecule has 2 aliphatic heterocycles. The van der Waals surface area contributed by atoms with E-state index in [4.69, 9.17) is 23.7 Å². The molecular weight excluding hydrogens is 324 g/mol. The van der Waals surface area contributed by atoms with Gasteiger partial charge in [0.05, 0.1) is 13.2 Å². The summed E-state index contributed by atoms with van der Waals surface area (Å²) in [6, 6.07) is 9.84. The summed E-state index contributed by atoms with van der Waals surface area (Å²) in [5, 5.41) is 0. The summed E-state index contributed by atoms with van der Waals surface area (Å²) in [7, 11) is 0. The first-order valence-electron chi connectivity index (χ1n) is 8.58. The molecule has 0 amide bonds. The minimum absolute atomic E-state index is 0.344. The zero-order valence-corrected chi connectivity index (χ0v) is 15.1. The molecule has 0 bridgehead atoms. The van der Waals surface area contributed by atoms with Crippen LogP contribution in [-0.4, -0.2) is 48.9 Å². The fraction of sp³-hybridized carbons (Fsp3) is 0.632. The number of benzene rings is 1. The van der Waals surface area contributed by atoms with Crippen LogP contribution in [0.2, 0.25) is 0 Å². The Morgan fingerprint density at radius 1 is 1.12 bits per heavy atom. The Hall–Kier alpha value is -1.31. The van der Waals surface area contributed by atoms with Gasteiger partial charge in [0.1, 0.15) is 24.4 Å². The Bertz CT molecular complexity index is 585. The standard InChI is InChI=1S/C19H26O6/c1-18(2)22-12-15(24-18)16(21-11-13-8-6-5-7-9-13)17-14(10-20)23-19(3,4)25-17/h5-10,14-17H,11-12H2,1-4H3/t14-,15-,16-,17-/m1/s1. The second-order valence-corrected chi connectivity index (χ2v) is 7.33. The van der Waals surface area contributed by atoms with E-state index in [9.17, 15) is 4.79 Å². The van der Waals surface area contributed by atoms with Crippen LogP contribution in [-0.2, 0) is 35.1 Å². The Balaban J connectivity index is 1.78. The summed E-state index contributed by atoms with van der Waals surface area (Å²) >= 11 is 0. The van der Waals surface area contributed by atoms with Gasteiger partial charge < -0.3 is 28.5 Å². The van der Waals surface area contributed by atoms with Crippen molar-refractivity contribution < 1.29 is 28.5 Å². The molecule has 6 heteroatoms. The Morgan fingerprint density at radius 2 is 1.84 bits per heavy atom. The smallest absolute Gasteiger partial charge is 0.164 e. The number of carbonyl (C=O) groups is 1. The highest BCUT2D eigenvalue weighted by Crippen LogP contribution is 2.35. The third-order valence-electron chi connectivity index (χ3n) is 4.30. The van der Waals surface area contributed by atoms with E-state index >= 15 is 0 Å². The number of hydrogen-bond donors (Lipinski definition) is 0. The molecule has 0 unspecified atom stereocenters. The normalized spacial score (nSPS) is 31.8. The van der Waals surface area contributed by atoms with E-state index in [1.54, 1.807) is 13.8 Å². The highest BCUT2D eigenvalue weighted by atomic mass is 16.8. The third-order valence-corrected chi connectivity index (χ3v) is 4.30. The predicted molar refractivity (Wildman–Crippen MR) is 89.8 cm³/mol. The van der Waals surface area contributed by atoms with E-state index in [-0.39, 0.29) is 6.10 Å². The summed E-state index contributed by atoms with van der Waals surface area (Å²) < 4.78 is 29.5. The van der Waals surface area contributed by atoms with Gasteiger partial charge in [-0.25, -0.2) is 0 Å². The lowest BCUT2D eigenvalue weighted by atomic mass is 10.0. The molecule has 0 aromatic heterocycles. The summed E-state index contributed by atoms with van der Waals surface area (Å²) in [6.45, 7) is 8.04. The van der Waals surface area contributed by atoms with E-state index in [2.05, 4.69) is 0 Å². The summed E-state index contributed by atoms with van der Waals surface area (Å²) in [4.78, 5) is 11.5. The number of aldehydes is 1. The monoisotopic (exact) mass is 350 g/mol. The van der Waals surface area contributed by atoms with Crippen molar-refractivity contribution in [3.05, 3.63) is 35.9 Å². The molecule has 0 N–H and O–H groups in total. The second kappa shape index (κ2) is 7.13. The number of carbonyl (C=O) groups excluding carboxylic acids is 1. The van der Waals surface area contributed by atoms with Crippen molar-refractivity contribution in [2.24, 2.45) is 0 Å². The van der Waals surface area contributed by atoms with Crippen molar-refractivity contribution in [1.29, 1.82) is 0 Å². The van der Waals surface area contributed by atoms with Crippen molar-refractivity contribution in [2.45, 2.75) is 70.3 Å². The van der Waals surface area contributed by atoms with Gasteiger partial charge in [-0.15, -0.1) is 0 Å². The van der Waals surface area contributed by atoms with Crippen molar-refractivity contribution in [1.82, 2.24) is 0 Å². The topological polar surface area (TPSA) is 63.2 Å². The molecule has 0 aliphatic carbocycles. The Labute approximate surface area is 148 Å². The molecule has 2 aliphatic rings. The van der Waals surface area contributed by atoms with Gasteiger partial charge in [0, 0.05) is 0 Å². The molecule has 2 heterocycles. The summed E-state index contributed by atoms with van der Waals surface area (Å²) in [5.41, 5.74) is 1.03. The van der Waals surface area contributed by atoms with Crippen LogP contribution in [0, 0.1) is 0 Å². The van der Waals surface area contributed by atoms with E-state index in [0.29, 0.717) is 13.2 Å². The van der Waals surface area contributed by atoms with E-state index in [1.807, 2.05) is 44.2 Å². The molecule has 138 valence electrons. The molecule has 1 aromatic carbocycles. The van der Waals surface area contributed by atoms with E-state index < -0.39 is 29.9 Å². The summed E-state index contributed by atoms with van der Waals surface area (Å²) in [5.74, 6) is -1.54. The van der Waals surface area contributed by atoms with Gasteiger partial charge in [-0.05, 0) is 33.3 Å². The zero-order chi connectivity index (χ0) is 18.1. The average molecular weight is 350 g/mol. The Kier molecular flexibility index (Phi) is 5.27. The molecule has 0 spiro atoms. The fourth-order valence-electron chi connectivity index (χ4n) is 3.23. The maximum Gasteiger partial charge on any atom is 0.164 e. The van der Waals surface area contributed by atoms with E-state index in [1.165, 1.54) is 0 Å². The molecule has 2 saturated heterocycles. The Morgan fingerprint density at radius 3 is 2.44 bits per heavy atom. The van der Waals surface area contributed by atoms with Gasteiger partial charge >= 0.3 is 0 Å². The molecule has 0 radical (unpaired) electrons. The fourth-order valence-corrected chi connectivity index (χ4v) is 3.23. The molecule has 6 nitrogen and oxygen atoms in total. The molecule has 0 saturated carbocycles. The highest BCUT2D eigenvalue weighted by Gasteiger charge is 2.51. The number of rotatable bonds is 6. The molecule has 25 heavy (non-hydrogen) atoms. The maximum absolute atomic E-state index is 11.5. The van der Waals surface area contributed by atoms with Gasteiger partial charge in [-0.1, -0.05) is 30.3 Å². The SMILES string of the molecule is CC1(C)O[C@@H]([C@H](OCc2ccccc2)[C@H]2COC(C)(C)O2)[C@@H](C=O)O1. The van der Waals surface area contributed by atoms with Crippen LogP contribution < -0.4 is 0 Å². The van der Waals surface area contributed by atoms with Crippen LogP contribution >= 0.6 is 0 Å². The first-order chi connectivity index (χ1) is 11.8. The van der Waals surface area contributed by atoms with E-state index in [0.717, 1.165) is 11.8 Å². The van der Waals surface area contributed by atoms with Crippen LogP contribution in [0.1, 0.15) is 33.3 Å². The number of hydrogen-bond acceptors (Lipinski definition) is 6. The van der Waals surface area contributed by atoms with Gasteiger partial charge in [-0.3, -0.25) is 0 Å². The molecule has 4 atom stereocenters. The lowest BCUT2D eigenvalue weighted by Gasteiger charge is -2.30. The van der Waals surface area contributed by atoms with Crippen LogP contribution in [0.3, 0.4) is 0 Å². The van der Waals surface area contributed by atoms with Crippen molar-refractivity contribution in [3.63, 3.8) is 0 Å². The molecule has 1 aromatic rings. The lowest BCUT2D eigenvalue weighted by Crippen LogP contribution is -2.47. The second-order valence-electron chi connectivity index (χ2n) is 7.33. The maximum atomic E-state index is 11.5. The minimum Gasteiger partial charge on any atom is -0.368 e. The molecule has 3 rings (SSSR count). The van der Waals surface area contributed by atoms with Crippen LogP contribution in [0.15, 0.2) is 30.3 Å². The first-order valence-corrected chi connectivity index (χ1v) is 8.58. The van der Waals surface area contributed by atoms with Crippen molar-refractivity contribution >= 4 is 6.29 Å². The largest absolute Gasteiger partial charge is 0.368 e. The first kappa shape index (κ1) is 18.5. The van der Waals surface area contributed by atoms with Crippen LogP contribution in [0.4, 0.5) is 0 Å². The lowest BCUT2D eigenvalue weighted by molar-refractivity contribution is -0.190. The quantitative estimate of drug-likeness (QED) is 0.735. The van der Waals surface area contributed by atoms with Crippen LogP contribution in [0.25, 0.3) is 0 Å². The zero-order valence-electron chi connectivity index (χ0n) is 15.1. The predicted octanol–water partition coefficient (Wildman–Crippen LogP) is 2.44. The van der Waals surface area contributed by atoms with Crippen molar-refractivity contribution in [3.8, 4) is 0 Å². The van der Waals surface area contributed by atoms with Gasteiger partial charge in [0.15, 0.2) is 17.9 Å². The van der Waals surface area contributed by atoms with Crippen molar-refractivity contribution in [2.75, 3.05) is 6.61 Å². The third kappa shape index (κ3) is 4.46. The van der Waals surface area contributed by atoms with Gasteiger partial charge in [0.25, 0.3) is 0 Å². The van der Waals surface area contributed by atoms with Gasteiger partial charge in [0.2, 0.25) is 0 Å². The summed E-state index contributed by atoms with van der Waals surface area (Å²) in [6.07, 6.45) is -1.33.